The molecule has 0 bridgehead atoms. The molecule has 0 saturated carbocycles. The van der Waals surface area contributed by atoms with E-state index < -0.39 is 0 Å². The number of Topliss-reactive ketones (excluding diaryl/α,β-unsaturated/α-hetero) is 1. The summed E-state index contributed by atoms with van der Waals surface area (Å²) in [5, 5.41) is 3.21. The molecule has 4 nitrogen and oxygen atoms in total. The SMILES string of the molecule is CCCN(C)CC(=O)C1=CC(NC(C)C)=NC1. The molecule has 1 aliphatic heterocycles. The van der Waals surface area contributed by atoms with E-state index in [2.05, 4.69) is 36.0 Å². The van der Waals surface area contributed by atoms with Gasteiger partial charge in [0.25, 0.3) is 0 Å². The minimum Gasteiger partial charge on any atom is -0.368 e. The second-order valence-corrected chi connectivity index (χ2v) is 4.83. The van der Waals surface area contributed by atoms with Crippen molar-refractivity contribution in [3.63, 3.8) is 0 Å². The van der Waals surface area contributed by atoms with Crippen LogP contribution in [0.2, 0.25) is 0 Å². The number of carbonyl (C=O) groups is 1. The van der Waals surface area contributed by atoms with Gasteiger partial charge in [0.1, 0.15) is 5.84 Å². The highest BCUT2D eigenvalue weighted by atomic mass is 16.1. The maximum Gasteiger partial charge on any atom is 0.174 e. The lowest BCUT2D eigenvalue weighted by Crippen LogP contribution is -2.29. The van der Waals surface area contributed by atoms with Crippen LogP contribution in [0, 0.1) is 0 Å². The van der Waals surface area contributed by atoms with Crippen LogP contribution in [-0.4, -0.2) is 49.2 Å². The average Bonchev–Trinajstić information content (AvgIpc) is 2.65. The number of amidine groups is 1. The normalized spacial score (nSPS) is 15.2. The predicted octanol–water partition coefficient (Wildman–Crippen LogP) is 1.23. The van der Waals surface area contributed by atoms with E-state index in [-0.39, 0.29) is 5.78 Å². The lowest BCUT2D eigenvalue weighted by atomic mass is 10.1. The number of hydrogen-bond donors (Lipinski definition) is 1. The first-order valence-electron chi connectivity index (χ1n) is 6.26. The molecule has 0 fully saturated rings. The zero-order valence-corrected chi connectivity index (χ0v) is 11.3. The van der Waals surface area contributed by atoms with Gasteiger partial charge >= 0.3 is 0 Å². The second kappa shape index (κ2) is 6.55. The van der Waals surface area contributed by atoms with Crippen molar-refractivity contribution >= 4 is 11.6 Å². The van der Waals surface area contributed by atoms with Crippen LogP contribution in [0.25, 0.3) is 0 Å². The Kier molecular flexibility index (Phi) is 5.35. The van der Waals surface area contributed by atoms with Crippen LogP contribution in [0.3, 0.4) is 0 Å². The van der Waals surface area contributed by atoms with Crippen molar-refractivity contribution in [2.75, 3.05) is 26.7 Å². The number of ketones is 1. The Hall–Kier alpha value is -1.16. The molecule has 1 rings (SSSR count). The van der Waals surface area contributed by atoms with Gasteiger partial charge in [-0.1, -0.05) is 6.92 Å². The summed E-state index contributed by atoms with van der Waals surface area (Å²) >= 11 is 0. The number of rotatable bonds is 6. The lowest BCUT2D eigenvalue weighted by molar-refractivity contribution is -0.116. The predicted molar refractivity (Wildman–Crippen MR) is 71.5 cm³/mol. The summed E-state index contributed by atoms with van der Waals surface area (Å²) in [5.74, 6) is 1.02. The van der Waals surface area contributed by atoms with Crippen molar-refractivity contribution in [3.8, 4) is 0 Å². The van der Waals surface area contributed by atoms with Crippen molar-refractivity contribution in [1.82, 2.24) is 10.2 Å². The molecule has 0 amide bonds. The van der Waals surface area contributed by atoms with Gasteiger partial charge in [0.2, 0.25) is 0 Å². The van der Waals surface area contributed by atoms with Gasteiger partial charge in [-0.3, -0.25) is 14.7 Å². The van der Waals surface area contributed by atoms with Gasteiger partial charge in [-0.15, -0.1) is 0 Å². The van der Waals surface area contributed by atoms with E-state index >= 15 is 0 Å². The van der Waals surface area contributed by atoms with Crippen LogP contribution in [-0.2, 0) is 4.79 Å². The monoisotopic (exact) mass is 237 g/mol. The van der Waals surface area contributed by atoms with E-state index in [0.29, 0.717) is 19.1 Å². The zero-order chi connectivity index (χ0) is 12.8. The van der Waals surface area contributed by atoms with Crippen LogP contribution >= 0.6 is 0 Å². The third kappa shape index (κ3) is 4.69. The molecule has 0 aliphatic carbocycles. The first-order valence-corrected chi connectivity index (χ1v) is 6.26. The maximum absolute atomic E-state index is 12.0. The highest BCUT2D eigenvalue weighted by molar-refractivity contribution is 6.07. The van der Waals surface area contributed by atoms with Gasteiger partial charge in [0.05, 0.1) is 13.1 Å². The van der Waals surface area contributed by atoms with Gasteiger partial charge in [-0.2, -0.15) is 0 Å². The molecule has 0 aromatic carbocycles. The van der Waals surface area contributed by atoms with E-state index in [4.69, 9.17) is 0 Å². The average molecular weight is 237 g/mol. The number of hydrogen-bond acceptors (Lipinski definition) is 4. The summed E-state index contributed by atoms with van der Waals surface area (Å²) in [5.41, 5.74) is 0.816. The zero-order valence-electron chi connectivity index (χ0n) is 11.3. The van der Waals surface area contributed by atoms with Crippen LogP contribution in [0.15, 0.2) is 16.6 Å². The van der Waals surface area contributed by atoms with E-state index in [9.17, 15) is 4.79 Å². The van der Waals surface area contributed by atoms with Crippen LogP contribution in [0.1, 0.15) is 27.2 Å². The first kappa shape index (κ1) is 13.9. The molecule has 96 valence electrons. The smallest absolute Gasteiger partial charge is 0.174 e. The summed E-state index contributed by atoms with van der Waals surface area (Å²) in [4.78, 5) is 18.3. The standard InChI is InChI=1S/C13H23N3O/c1-5-6-16(4)9-12(17)11-7-13(14-8-11)15-10(2)3/h7,10H,5-6,8-9H2,1-4H3,(H,14,15). The summed E-state index contributed by atoms with van der Waals surface area (Å²) in [6.07, 6.45) is 2.95. The molecule has 0 aromatic rings. The fraction of sp³-hybridized carbons (Fsp3) is 0.692. The molecule has 1 aliphatic rings. The fourth-order valence-corrected chi connectivity index (χ4v) is 1.79. The van der Waals surface area contributed by atoms with Crippen molar-refractivity contribution in [2.45, 2.75) is 33.2 Å². The van der Waals surface area contributed by atoms with Crippen LogP contribution in [0.5, 0.6) is 0 Å². The highest BCUT2D eigenvalue weighted by Gasteiger charge is 2.16. The molecule has 0 aromatic heterocycles. The summed E-state index contributed by atoms with van der Waals surface area (Å²) < 4.78 is 0. The van der Waals surface area contributed by atoms with Gasteiger partial charge in [-0.05, 0) is 39.9 Å². The van der Waals surface area contributed by atoms with Gasteiger partial charge < -0.3 is 5.32 Å². The largest absolute Gasteiger partial charge is 0.368 e. The molecule has 0 atom stereocenters. The molecule has 1 N–H and O–H groups in total. The minimum absolute atomic E-state index is 0.185. The van der Waals surface area contributed by atoms with Crippen molar-refractivity contribution in [3.05, 3.63) is 11.6 Å². The van der Waals surface area contributed by atoms with Crippen LogP contribution < -0.4 is 5.32 Å². The number of likely N-dealkylation sites (N-methyl/N-ethyl adjacent to an activating group) is 1. The number of nitrogens with zero attached hydrogens (tertiary/aromatic N) is 2. The van der Waals surface area contributed by atoms with Gasteiger partial charge in [0, 0.05) is 11.6 Å². The lowest BCUT2D eigenvalue weighted by Gasteiger charge is -2.14. The molecular weight excluding hydrogens is 214 g/mol. The second-order valence-electron chi connectivity index (χ2n) is 4.83. The van der Waals surface area contributed by atoms with E-state index in [1.165, 1.54) is 0 Å². The third-order valence-electron chi connectivity index (χ3n) is 2.54. The molecule has 0 saturated heterocycles. The Balaban J connectivity index is 2.45. The maximum atomic E-state index is 12.0. The van der Waals surface area contributed by atoms with Crippen molar-refractivity contribution in [1.29, 1.82) is 0 Å². The Morgan fingerprint density at radius 1 is 1.59 bits per heavy atom. The summed E-state index contributed by atoms with van der Waals surface area (Å²) in [6, 6.07) is 0.349. The van der Waals surface area contributed by atoms with Crippen molar-refractivity contribution < 1.29 is 4.79 Å². The Labute approximate surface area is 104 Å². The van der Waals surface area contributed by atoms with Gasteiger partial charge in [0.15, 0.2) is 5.78 Å². The topological polar surface area (TPSA) is 44.7 Å². The first-order chi connectivity index (χ1) is 8.02. The molecule has 4 heteroatoms. The Bertz CT molecular complexity index is 332. The highest BCUT2D eigenvalue weighted by Crippen LogP contribution is 2.07. The molecule has 0 spiro atoms. The van der Waals surface area contributed by atoms with E-state index in [1.54, 1.807) is 0 Å². The van der Waals surface area contributed by atoms with E-state index in [1.807, 2.05) is 13.1 Å². The summed E-state index contributed by atoms with van der Waals surface area (Å²) in [6.45, 7) is 8.20. The molecule has 1 heterocycles. The van der Waals surface area contributed by atoms with E-state index in [0.717, 1.165) is 24.4 Å². The molecular formula is C13H23N3O. The van der Waals surface area contributed by atoms with Gasteiger partial charge in [-0.25, -0.2) is 0 Å². The van der Waals surface area contributed by atoms with Crippen molar-refractivity contribution in [2.24, 2.45) is 4.99 Å². The van der Waals surface area contributed by atoms with Crippen LogP contribution in [0.4, 0.5) is 0 Å². The number of aliphatic imine (C=N–C) groups is 1. The minimum atomic E-state index is 0.185. The molecule has 17 heavy (non-hydrogen) atoms. The Morgan fingerprint density at radius 3 is 2.88 bits per heavy atom. The number of carbonyl (C=O) groups excluding carboxylic acids is 1. The molecule has 0 radical (unpaired) electrons. The fourth-order valence-electron chi connectivity index (χ4n) is 1.79. The molecule has 0 unspecified atom stereocenters. The number of nitrogens with one attached hydrogen (secondary N) is 1. The Morgan fingerprint density at radius 2 is 2.29 bits per heavy atom. The summed E-state index contributed by atoms with van der Waals surface area (Å²) in [7, 11) is 1.98. The third-order valence-corrected chi connectivity index (χ3v) is 2.54. The quantitative estimate of drug-likeness (QED) is 0.756.